The third-order valence-electron chi connectivity index (χ3n) is 0.761. The lowest BCUT2D eigenvalue weighted by molar-refractivity contribution is 0.103. The van der Waals surface area contributed by atoms with E-state index in [4.69, 9.17) is 23.2 Å². The highest BCUT2D eigenvalue weighted by Crippen LogP contribution is 2.04. The van der Waals surface area contributed by atoms with Crippen molar-refractivity contribution in [3.63, 3.8) is 0 Å². The summed E-state index contributed by atoms with van der Waals surface area (Å²) in [5.74, 6) is -0.897. The fraction of sp³-hybridized carbons (Fsp3) is 0. The van der Waals surface area contributed by atoms with E-state index in [0.717, 1.165) is 0 Å². The minimum atomic E-state index is -0.929. The van der Waals surface area contributed by atoms with E-state index in [9.17, 15) is 9.59 Å². The highest BCUT2D eigenvalue weighted by Gasteiger charge is 2.15. The summed E-state index contributed by atoms with van der Waals surface area (Å²) >= 11 is 9.86. The molecular weight excluding hydrogens is 195 g/mol. The molecule has 0 N–H and O–H groups in total. The molecule has 0 saturated heterocycles. The molecule has 1 rings (SSSR count). The molecule has 5 nitrogen and oxygen atoms in total. The molecular formula is C4Cl2N2O3. The Bertz CT molecular complexity index is 280. The van der Waals surface area contributed by atoms with Gasteiger partial charge in [-0.25, -0.2) is 0 Å². The number of aromatic nitrogens is 2. The standard InChI is InChI=1S/C4Cl2N2O3/c5-1(9)3-7-8-4(11-3)2(6)10. The summed E-state index contributed by atoms with van der Waals surface area (Å²) in [5.41, 5.74) is 0. The first-order valence-corrected chi connectivity index (χ1v) is 3.10. The van der Waals surface area contributed by atoms with Crippen LogP contribution < -0.4 is 0 Å². The van der Waals surface area contributed by atoms with Gasteiger partial charge in [0.1, 0.15) is 0 Å². The molecule has 1 heterocycles. The maximum Gasteiger partial charge on any atom is 0.309 e. The van der Waals surface area contributed by atoms with Crippen molar-refractivity contribution in [2.45, 2.75) is 0 Å². The van der Waals surface area contributed by atoms with E-state index in [1.807, 2.05) is 0 Å². The van der Waals surface area contributed by atoms with Crippen molar-refractivity contribution in [2.75, 3.05) is 0 Å². The number of nitrogens with zero attached hydrogens (tertiary/aromatic N) is 2. The Morgan fingerprint density at radius 2 is 1.45 bits per heavy atom. The molecule has 0 fully saturated rings. The zero-order valence-corrected chi connectivity index (χ0v) is 6.39. The van der Waals surface area contributed by atoms with Gasteiger partial charge in [-0.15, -0.1) is 10.2 Å². The zero-order chi connectivity index (χ0) is 8.43. The van der Waals surface area contributed by atoms with E-state index in [1.165, 1.54) is 0 Å². The number of hydrogen-bond acceptors (Lipinski definition) is 5. The van der Waals surface area contributed by atoms with Gasteiger partial charge in [0.25, 0.3) is 0 Å². The normalized spacial score (nSPS) is 9.64. The van der Waals surface area contributed by atoms with Gasteiger partial charge in [0.15, 0.2) is 0 Å². The summed E-state index contributed by atoms with van der Waals surface area (Å²) < 4.78 is 4.42. The smallest absolute Gasteiger partial charge is 0.309 e. The van der Waals surface area contributed by atoms with Crippen LogP contribution in [0.2, 0.25) is 0 Å². The maximum absolute atomic E-state index is 10.3. The molecule has 0 saturated carbocycles. The third-order valence-corrected chi connectivity index (χ3v) is 1.08. The van der Waals surface area contributed by atoms with E-state index in [2.05, 4.69) is 14.6 Å². The topological polar surface area (TPSA) is 73.1 Å². The van der Waals surface area contributed by atoms with Gasteiger partial charge < -0.3 is 4.42 Å². The number of halogens is 2. The van der Waals surface area contributed by atoms with Crippen LogP contribution in [0.1, 0.15) is 21.4 Å². The van der Waals surface area contributed by atoms with Crippen LogP contribution in [0, 0.1) is 0 Å². The van der Waals surface area contributed by atoms with Gasteiger partial charge in [-0.2, -0.15) is 0 Å². The Balaban J connectivity index is 2.99. The van der Waals surface area contributed by atoms with Gasteiger partial charge in [-0.1, -0.05) is 0 Å². The van der Waals surface area contributed by atoms with Crippen molar-refractivity contribution in [1.29, 1.82) is 0 Å². The van der Waals surface area contributed by atoms with Gasteiger partial charge in [-0.05, 0) is 23.2 Å². The van der Waals surface area contributed by atoms with Crippen molar-refractivity contribution < 1.29 is 14.0 Å². The average Bonchev–Trinajstić information content (AvgIpc) is 2.33. The van der Waals surface area contributed by atoms with Gasteiger partial charge in [0.05, 0.1) is 0 Å². The molecule has 0 aliphatic heterocycles. The lowest BCUT2D eigenvalue weighted by Gasteiger charge is -1.78. The number of carbonyl (C=O) groups is 2. The number of rotatable bonds is 2. The average molecular weight is 195 g/mol. The first-order valence-electron chi connectivity index (χ1n) is 2.34. The minimum absolute atomic E-state index is 0.448. The molecule has 0 radical (unpaired) electrons. The lowest BCUT2D eigenvalue weighted by Crippen LogP contribution is -1.86. The molecule has 1 aromatic heterocycles. The quantitative estimate of drug-likeness (QED) is 0.653. The maximum atomic E-state index is 10.3. The van der Waals surface area contributed by atoms with E-state index < -0.39 is 22.3 Å². The summed E-state index contributed by atoms with van der Waals surface area (Å²) in [4.78, 5) is 20.6. The molecule has 0 bridgehead atoms. The Labute approximate surface area is 70.3 Å². The van der Waals surface area contributed by atoms with Gasteiger partial charge >= 0.3 is 22.3 Å². The predicted molar refractivity (Wildman–Crippen MR) is 34.7 cm³/mol. The van der Waals surface area contributed by atoms with E-state index in [0.29, 0.717) is 0 Å². The van der Waals surface area contributed by atoms with Crippen molar-refractivity contribution in [1.82, 2.24) is 10.2 Å². The molecule has 11 heavy (non-hydrogen) atoms. The molecule has 1 aromatic rings. The van der Waals surface area contributed by atoms with Crippen molar-refractivity contribution in [3.05, 3.63) is 11.8 Å². The molecule has 0 spiro atoms. The summed E-state index contributed by atoms with van der Waals surface area (Å²) in [6, 6.07) is 0. The highest BCUT2D eigenvalue weighted by molar-refractivity contribution is 6.68. The molecule has 58 valence electrons. The fourth-order valence-corrected chi connectivity index (χ4v) is 0.535. The molecule has 0 amide bonds. The third kappa shape index (κ3) is 1.75. The second-order valence-electron chi connectivity index (χ2n) is 1.46. The Hall–Kier alpha value is -0.940. The fourth-order valence-electron chi connectivity index (χ4n) is 0.382. The van der Waals surface area contributed by atoms with E-state index in [1.54, 1.807) is 0 Å². The molecule has 0 unspecified atom stereocenters. The number of carbonyl (C=O) groups excluding carboxylic acids is 2. The largest absolute Gasteiger partial charge is 0.409 e. The molecule has 0 atom stereocenters. The summed E-state index contributed by atoms with van der Waals surface area (Å²) in [6.07, 6.45) is 0. The highest BCUT2D eigenvalue weighted by atomic mass is 35.5. The van der Waals surface area contributed by atoms with E-state index in [-0.39, 0.29) is 0 Å². The van der Waals surface area contributed by atoms with Crippen LogP contribution in [-0.4, -0.2) is 20.7 Å². The zero-order valence-electron chi connectivity index (χ0n) is 4.88. The van der Waals surface area contributed by atoms with Gasteiger partial charge in [0.2, 0.25) is 0 Å². The van der Waals surface area contributed by atoms with Crippen molar-refractivity contribution in [3.8, 4) is 0 Å². The lowest BCUT2D eigenvalue weighted by atomic mass is 10.7. The Morgan fingerprint density at radius 3 is 1.64 bits per heavy atom. The molecule has 7 heteroatoms. The molecule has 0 aromatic carbocycles. The first kappa shape index (κ1) is 8.16. The molecule has 0 aliphatic carbocycles. The summed E-state index contributed by atoms with van der Waals surface area (Å²) in [5, 5.41) is 4.41. The van der Waals surface area contributed by atoms with Crippen molar-refractivity contribution in [2.24, 2.45) is 0 Å². The van der Waals surface area contributed by atoms with Crippen LogP contribution in [0.25, 0.3) is 0 Å². The minimum Gasteiger partial charge on any atom is -0.409 e. The SMILES string of the molecule is O=C(Cl)c1nnc(C(=O)Cl)o1. The predicted octanol–water partition coefficient (Wildman–Crippen LogP) is 0.828. The van der Waals surface area contributed by atoms with E-state index >= 15 is 0 Å². The Kier molecular flexibility index (Phi) is 2.21. The number of hydrogen-bond donors (Lipinski definition) is 0. The summed E-state index contributed by atoms with van der Waals surface area (Å²) in [7, 11) is 0. The van der Waals surface area contributed by atoms with Crippen LogP contribution in [0.4, 0.5) is 0 Å². The van der Waals surface area contributed by atoms with Crippen LogP contribution in [0.15, 0.2) is 4.42 Å². The summed E-state index contributed by atoms with van der Waals surface area (Å²) in [6.45, 7) is 0. The monoisotopic (exact) mass is 194 g/mol. The first-order chi connectivity index (χ1) is 5.11. The van der Waals surface area contributed by atoms with Crippen LogP contribution >= 0.6 is 23.2 Å². The van der Waals surface area contributed by atoms with Crippen molar-refractivity contribution >= 4 is 33.7 Å². The van der Waals surface area contributed by atoms with Crippen LogP contribution in [0.5, 0.6) is 0 Å². The van der Waals surface area contributed by atoms with Gasteiger partial charge in [0, 0.05) is 0 Å². The van der Waals surface area contributed by atoms with Gasteiger partial charge in [-0.3, -0.25) is 9.59 Å². The second kappa shape index (κ2) is 2.98. The second-order valence-corrected chi connectivity index (χ2v) is 2.15. The molecule has 0 aliphatic rings. The Morgan fingerprint density at radius 1 is 1.09 bits per heavy atom. The van der Waals surface area contributed by atoms with Crippen LogP contribution in [0.3, 0.4) is 0 Å². The van der Waals surface area contributed by atoms with Crippen LogP contribution in [-0.2, 0) is 0 Å².